The standard InChI is InChI=1S/C19H13ClN2O/c1-12-5-4-6-13(9-12)18(23)17-16(19(17,10-21)11-22)14-7-2-3-8-15(14)20/h2-9,16-17H,1H3. The third-order valence-corrected chi connectivity index (χ3v) is 4.74. The van der Waals surface area contributed by atoms with E-state index in [4.69, 9.17) is 11.6 Å². The van der Waals surface area contributed by atoms with Crippen molar-refractivity contribution >= 4 is 17.4 Å². The maximum Gasteiger partial charge on any atom is 0.169 e. The van der Waals surface area contributed by atoms with Gasteiger partial charge in [0.25, 0.3) is 0 Å². The van der Waals surface area contributed by atoms with Gasteiger partial charge in [0.1, 0.15) is 0 Å². The molecule has 0 radical (unpaired) electrons. The highest BCUT2D eigenvalue weighted by atomic mass is 35.5. The Morgan fingerprint density at radius 3 is 2.43 bits per heavy atom. The molecule has 2 atom stereocenters. The molecule has 3 nitrogen and oxygen atoms in total. The highest BCUT2D eigenvalue weighted by Crippen LogP contribution is 2.66. The van der Waals surface area contributed by atoms with Crippen molar-refractivity contribution in [3.8, 4) is 12.1 Å². The number of benzene rings is 2. The summed E-state index contributed by atoms with van der Waals surface area (Å²) in [5, 5.41) is 19.5. The van der Waals surface area contributed by atoms with Gasteiger partial charge in [-0.25, -0.2) is 0 Å². The Kier molecular flexibility index (Phi) is 3.68. The van der Waals surface area contributed by atoms with Crippen molar-refractivity contribution in [1.82, 2.24) is 0 Å². The Labute approximate surface area is 139 Å². The number of Topliss-reactive ketones (excluding diaryl/α,β-unsaturated/α-hetero) is 1. The molecular formula is C19H13ClN2O. The molecule has 2 aromatic carbocycles. The summed E-state index contributed by atoms with van der Waals surface area (Å²) in [6, 6.07) is 18.4. The number of halogens is 1. The average molecular weight is 321 g/mol. The molecule has 23 heavy (non-hydrogen) atoms. The van der Waals surface area contributed by atoms with E-state index in [1.807, 2.05) is 13.0 Å². The monoisotopic (exact) mass is 320 g/mol. The molecule has 2 aromatic rings. The lowest BCUT2D eigenvalue weighted by Crippen LogP contribution is -2.08. The number of nitrogens with zero attached hydrogens (tertiary/aromatic N) is 2. The lowest BCUT2D eigenvalue weighted by molar-refractivity contribution is 0.0958. The summed E-state index contributed by atoms with van der Waals surface area (Å²) in [6.07, 6.45) is 0. The molecule has 2 unspecified atom stereocenters. The summed E-state index contributed by atoms with van der Waals surface area (Å²) in [7, 11) is 0. The lowest BCUT2D eigenvalue weighted by Gasteiger charge is -2.03. The summed E-state index contributed by atoms with van der Waals surface area (Å²) in [5.41, 5.74) is 0.833. The molecule has 0 heterocycles. The number of aryl methyl sites for hydroxylation is 1. The number of hydrogen-bond donors (Lipinski definition) is 0. The van der Waals surface area contributed by atoms with Gasteiger partial charge in [-0.2, -0.15) is 10.5 Å². The van der Waals surface area contributed by atoms with Crippen LogP contribution in [0.3, 0.4) is 0 Å². The summed E-state index contributed by atoms with van der Waals surface area (Å²) >= 11 is 6.21. The molecular weight excluding hydrogens is 308 g/mol. The summed E-state index contributed by atoms with van der Waals surface area (Å²) < 4.78 is 0. The molecule has 1 saturated carbocycles. The number of hydrogen-bond acceptors (Lipinski definition) is 3. The van der Waals surface area contributed by atoms with Gasteiger partial charge in [-0.1, -0.05) is 53.6 Å². The van der Waals surface area contributed by atoms with Gasteiger partial charge in [0.2, 0.25) is 0 Å². The van der Waals surface area contributed by atoms with E-state index in [9.17, 15) is 15.3 Å². The Hall–Kier alpha value is -2.62. The zero-order chi connectivity index (χ0) is 16.6. The van der Waals surface area contributed by atoms with Crippen LogP contribution in [0.1, 0.15) is 27.4 Å². The number of carbonyl (C=O) groups is 1. The van der Waals surface area contributed by atoms with Crippen molar-refractivity contribution in [3.63, 3.8) is 0 Å². The van der Waals surface area contributed by atoms with Crippen molar-refractivity contribution < 1.29 is 4.79 Å². The summed E-state index contributed by atoms with van der Waals surface area (Å²) in [6.45, 7) is 1.90. The van der Waals surface area contributed by atoms with Gasteiger partial charge in [0.05, 0.1) is 18.1 Å². The maximum absolute atomic E-state index is 12.8. The quantitative estimate of drug-likeness (QED) is 0.793. The number of nitriles is 2. The van der Waals surface area contributed by atoms with E-state index < -0.39 is 17.3 Å². The third-order valence-electron chi connectivity index (χ3n) is 4.40. The molecule has 1 aliphatic carbocycles. The fourth-order valence-electron chi connectivity index (χ4n) is 3.18. The van der Waals surface area contributed by atoms with Crippen LogP contribution in [0.25, 0.3) is 0 Å². The second-order valence-electron chi connectivity index (χ2n) is 5.80. The smallest absolute Gasteiger partial charge is 0.169 e. The second kappa shape index (κ2) is 5.54. The topological polar surface area (TPSA) is 64.7 Å². The fourth-order valence-corrected chi connectivity index (χ4v) is 3.43. The van der Waals surface area contributed by atoms with E-state index in [-0.39, 0.29) is 5.78 Å². The first-order chi connectivity index (χ1) is 11.0. The van der Waals surface area contributed by atoms with Crippen LogP contribution >= 0.6 is 11.6 Å². The van der Waals surface area contributed by atoms with Crippen molar-refractivity contribution in [2.75, 3.05) is 0 Å². The fraction of sp³-hybridized carbons (Fsp3) is 0.211. The average Bonchev–Trinajstić information content (AvgIpc) is 3.23. The van der Waals surface area contributed by atoms with Crippen LogP contribution in [0.5, 0.6) is 0 Å². The largest absolute Gasteiger partial charge is 0.294 e. The van der Waals surface area contributed by atoms with Crippen molar-refractivity contribution in [3.05, 3.63) is 70.2 Å². The molecule has 112 valence electrons. The number of ketones is 1. The molecule has 0 spiro atoms. The third kappa shape index (κ3) is 2.31. The van der Waals surface area contributed by atoms with E-state index in [0.717, 1.165) is 5.56 Å². The van der Waals surface area contributed by atoms with Crippen LogP contribution < -0.4 is 0 Å². The molecule has 1 aliphatic rings. The normalized spacial score (nSPS) is 21.0. The molecule has 0 amide bonds. The van der Waals surface area contributed by atoms with Crippen LogP contribution in [-0.4, -0.2) is 5.78 Å². The molecule has 0 N–H and O–H groups in total. The van der Waals surface area contributed by atoms with Gasteiger partial charge in [0, 0.05) is 16.5 Å². The first-order valence-corrected chi connectivity index (χ1v) is 7.61. The molecule has 0 saturated heterocycles. The summed E-state index contributed by atoms with van der Waals surface area (Å²) in [4.78, 5) is 12.8. The van der Waals surface area contributed by atoms with Crippen LogP contribution in [0.2, 0.25) is 5.02 Å². The van der Waals surface area contributed by atoms with Gasteiger partial charge in [-0.3, -0.25) is 4.79 Å². The first-order valence-electron chi connectivity index (χ1n) is 7.23. The summed E-state index contributed by atoms with van der Waals surface area (Å²) in [5.74, 6) is -1.35. The van der Waals surface area contributed by atoms with Crippen LogP contribution in [-0.2, 0) is 0 Å². The molecule has 4 heteroatoms. The van der Waals surface area contributed by atoms with E-state index in [2.05, 4.69) is 12.1 Å². The van der Waals surface area contributed by atoms with E-state index >= 15 is 0 Å². The number of rotatable bonds is 3. The van der Waals surface area contributed by atoms with Crippen LogP contribution in [0.15, 0.2) is 48.5 Å². The zero-order valence-corrected chi connectivity index (χ0v) is 13.2. The maximum atomic E-state index is 12.8. The predicted octanol–water partition coefficient (Wildman–Crippen LogP) is 4.28. The molecule has 0 bridgehead atoms. The minimum atomic E-state index is -1.34. The SMILES string of the molecule is Cc1cccc(C(=O)C2C(c3ccccc3Cl)C2(C#N)C#N)c1. The Morgan fingerprint density at radius 1 is 1.13 bits per heavy atom. The Balaban J connectivity index is 2.05. The highest BCUT2D eigenvalue weighted by Gasteiger charge is 2.71. The zero-order valence-electron chi connectivity index (χ0n) is 12.5. The van der Waals surface area contributed by atoms with E-state index in [1.165, 1.54) is 0 Å². The van der Waals surface area contributed by atoms with Gasteiger partial charge in [0.15, 0.2) is 11.2 Å². The van der Waals surface area contributed by atoms with Gasteiger partial charge in [-0.15, -0.1) is 0 Å². The first kappa shape index (κ1) is 15.3. The Morgan fingerprint density at radius 2 is 1.83 bits per heavy atom. The van der Waals surface area contributed by atoms with Crippen molar-refractivity contribution in [2.24, 2.45) is 11.3 Å². The number of carbonyl (C=O) groups excluding carboxylic acids is 1. The van der Waals surface area contributed by atoms with Gasteiger partial charge < -0.3 is 0 Å². The van der Waals surface area contributed by atoms with E-state index in [0.29, 0.717) is 16.1 Å². The van der Waals surface area contributed by atoms with Crippen LogP contribution in [0, 0.1) is 40.9 Å². The Bertz CT molecular complexity index is 861. The highest BCUT2D eigenvalue weighted by molar-refractivity contribution is 6.31. The van der Waals surface area contributed by atoms with Crippen molar-refractivity contribution in [1.29, 1.82) is 10.5 Å². The minimum Gasteiger partial charge on any atom is -0.294 e. The van der Waals surface area contributed by atoms with Crippen LogP contribution in [0.4, 0.5) is 0 Å². The molecule has 1 fully saturated rings. The van der Waals surface area contributed by atoms with Crippen molar-refractivity contribution in [2.45, 2.75) is 12.8 Å². The van der Waals surface area contributed by atoms with Gasteiger partial charge in [-0.05, 0) is 24.6 Å². The molecule has 0 aromatic heterocycles. The minimum absolute atomic E-state index is 0.179. The second-order valence-corrected chi connectivity index (χ2v) is 6.21. The molecule has 3 rings (SSSR count). The lowest BCUT2D eigenvalue weighted by atomic mass is 9.99. The predicted molar refractivity (Wildman–Crippen MR) is 86.9 cm³/mol. The van der Waals surface area contributed by atoms with Gasteiger partial charge >= 0.3 is 0 Å². The molecule has 0 aliphatic heterocycles. The van der Waals surface area contributed by atoms with E-state index in [1.54, 1.807) is 42.5 Å².